The highest BCUT2D eigenvalue weighted by Gasteiger charge is 2.15. The molecule has 0 radical (unpaired) electrons. The van der Waals surface area contributed by atoms with Crippen molar-refractivity contribution < 1.29 is 19.0 Å². The van der Waals surface area contributed by atoms with Crippen LogP contribution in [0.4, 0.5) is 4.39 Å². The van der Waals surface area contributed by atoms with E-state index in [1.165, 1.54) is 6.07 Å². The molecule has 0 aromatic heterocycles. The van der Waals surface area contributed by atoms with Crippen LogP contribution in [-0.2, 0) is 4.74 Å². The lowest BCUT2D eigenvalue weighted by atomic mass is 10.0. The molecule has 2 rings (SSSR count). The van der Waals surface area contributed by atoms with E-state index < -0.39 is 11.9 Å². The van der Waals surface area contributed by atoms with E-state index in [1.807, 2.05) is 0 Å². The smallest absolute Gasteiger partial charge is 0.165 e. The molecule has 1 aromatic rings. The lowest BCUT2D eigenvalue weighted by Gasteiger charge is -2.22. The predicted molar refractivity (Wildman–Crippen MR) is 66.1 cm³/mol. The largest absolute Gasteiger partial charge is 0.490 e. The van der Waals surface area contributed by atoms with E-state index in [0.29, 0.717) is 18.1 Å². The summed E-state index contributed by atoms with van der Waals surface area (Å²) < 4.78 is 24.5. The third-order valence-corrected chi connectivity index (χ3v) is 3.25. The molecule has 0 saturated carbocycles. The van der Waals surface area contributed by atoms with Gasteiger partial charge in [-0.25, -0.2) is 4.39 Å². The summed E-state index contributed by atoms with van der Waals surface area (Å²) in [7, 11) is 0. The van der Waals surface area contributed by atoms with Crippen molar-refractivity contribution in [1.82, 2.24) is 0 Å². The second-order valence-corrected chi connectivity index (χ2v) is 4.73. The van der Waals surface area contributed by atoms with E-state index in [0.717, 1.165) is 26.1 Å². The van der Waals surface area contributed by atoms with Crippen molar-refractivity contribution in [3.63, 3.8) is 0 Å². The van der Waals surface area contributed by atoms with E-state index in [1.54, 1.807) is 19.1 Å². The zero-order chi connectivity index (χ0) is 13.0. The SMILES string of the molecule is C[C@H](O)c1ccc(OCC2CCOCC2)c(F)c1. The molecule has 1 aliphatic rings. The fourth-order valence-electron chi connectivity index (χ4n) is 2.01. The van der Waals surface area contributed by atoms with Gasteiger partial charge in [-0.3, -0.25) is 0 Å². The third kappa shape index (κ3) is 3.43. The van der Waals surface area contributed by atoms with E-state index in [9.17, 15) is 9.50 Å². The minimum Gasteiger partial charge on any atom is -0.490 e. The fourth-order valence-corrected chi connectivity index (χ4v) is 2.01. The fraction of sp³-hybridized carbons (Fsp3) is 0.571. The maximum Gasteiger partial charge on any atom is 0.165 e. The molecular formula is C14H19FO3. The Balaban J connectivity index is 1.92. The molecule has 1 heterocycles. The van der Waals surface area contributed by atoms with E-state index in [2.05, 4.69) is 0 Å². The highest BCUT2D eigenvalue weighted by molar-refractivity contribution is 5.30. The quantitative estimate of drug-likeness (QED) is 0.897. The summed E-state index contributed by atoms with van der Waals surface area (Å²) in [6, 6.07) is 4.59. The number of hydrogen-bond donors (Lipinski definition) is 1. The first-order valence-corrected chi connectivity index (χ1v) is 6.35. The average Bonchev–Trinajstić information content (AvgIpc) is 2.38. The number of rotatable bonds is 4. The molecular weight excluding hydrogens is 235 g/mol. The molecule has 0 amide bonds. The van der Waals surface area contributed by atoms with Crippen LogP contribution in [0.25, 0.3) is 0 Å². The van der Waals surface area contributed by atoms with E-state index >= 15 is 0 Å². The first-order valence-electron chi connectivity index (χ1n) is 6.35. The van der Waals surface area contributed by atoms with Gasteiger partial charge in [0.1, 0.15) is 0 Å². The van der Waals surface area contributed by atoms with Crippen molar-refractivity contribution in [2.24, 2.45) is 5.92 Å². The first kappa shape index (κ1) is 13.3. The molecule has 0 aliphatic carbocycles. The van der Waals surface area contributed by atoms with Gasteiger partial charge in [0.2, 0.25) is 0 Å². The van der Waals surface area contributed by atoms with Crippen molar-refractivity contribution in [2.75, 3.05) is 19.8 Å². The Bertz CT molecular complexity index is 387. The number of ether oxygens (including phenoxy) is 2. The molecule has 4 heteroatoms. The van der Waals surface area contributed by atoms with Crippen molar-refractivity contribution >= 4 is 0 Å². The van der Waals surface area contributed by atoms with E-state index in [-0.39, 0.29) is 5.75 Å². The van der Waals surface area contributed by atoms with Gasteiger partial charge in [-0.05, 0) is 43.4 Å². The highest BCUT2D eigenvalue weighted by atomic mass is 19.1. The lowest BCUT2D eigenvalue weighted by Crippen LogP contribution is -2.21. The van der Waals surface area contributed by atoms with Crippen molar-refractivity contribution in [3.8, 4) is 5.75 Å². The topological polar surface area (TPSA) is 38.7 Å². The molecule has 1 saturated heterocycles. The van der Waals surface area contributed by atoms with Crippen LogP contribution in [0.15, 0.2) is 18.2 Å². The first-order chi connectivity index (χ1) is 8.66. The minimum atomic E-state index is -0.663. The van der Waals surface area contributed by atoms with Crippen LogP contribution >= 0.6 is 0 Å². The molecule has 100 valence electrons. The van der Waals surface area contributed by atoms with Gasteiger partial charge in [0.15, 0.2) is 11.6 Å². The van der Waals surface area contributed by atoms with Crippen LogP contribution in [0.1, 0.15) is 31.4 Å². The van der Waals surface area contributed by atoms with Crippen molar-refractivity contribution in [1.29, 1.82) is 0 Å². The molecule has 1 aliphatic heterocycles. The normalized spacial score (nSPS) is 18.6. The predicted octanol–water partition coefficient (Wildman–Crippen LogP) is 2.68. The summed E-state index contributed by atoms with van der Waals surface area (Å²) in [6.45, 7) is 3.65. The van der Waals surface area contributed by atoms with Crippen LogP contribution in [0, 0.1) is 11.7 Å². The second kappa shape index (κ2) is 6.16. The maximum absolute atomic E-state index is 13.7. The second-order valence-electron chi connectivity index (χ2n) is 4.73. The summed E-state index contributed by atoms with van der Waals surface area (Å²) in [6.07, 6.45) is 1.27. The standard InChI is InChI=1S/C14H19FO3/c1-10(16)12-2-3-14(13(15)8-12)18-9-11-4-6-17-7-5-11/h2-3,8,10-11,16H,4-7,9H2,1H3/t10-/m0/s1. The number of aliphatic hydroxyl groups excluding tert-OH is 1. The molecule has 0 unspecified atom stereocenters. The summed E-state index contributed by atoms with van der Waals surface area (Å²) in [5.41, 5.74) is 0.561. The Morgan fingerprint density at radius 3 is 2.78 bits per heavy atom. The van der Waals surface area contributed by atoms with Gasteiger partial charge >= 0.3 is 0 Å². The molecule has 1 fully saturated rings. The highest BCUT2D eigenvalue weighted by Crippen LogP contribution is 2.23. The van der Waals surface area contributed by atoms with Gasteiger partial charge in [0.05, 0.1) is 12.7 Å². The van der Waals surface area contributed by atoms with E-state index in [4.69, 9.17) is 9.47 Å². The van der Waals surface area contributed by atoms with Gasteiger partial charge in [-0.2, -0.15) is 0 Å². The average molecular weight is 254 g/mol. The lowest BCUT2D eigenvalue weighted by molar-refractivity contribution is 0.0491. The molecule has 0 spiro atoms. The Morgan fingerprint density at radius 1 is 1.44 bits per heavy atom. The molecule has 3 nitrogen and oxygen atoms in total. The summed E-state index contributed by atoms with van der Waals surface area (Å²) in [5.74, 6) is 0.279. The Kier molecular flexibility index (Phi) is 4.55. The number of benzene rings is 1. The minimum absolute atomic E-state index is 0.255. The monoisotopic (exact) mass is 254 g/mol. The van der Waals surface area contributed by atoms with Crippen molar-refractivity contribution in [2.45, 2.75) is 25.9 Å². The van der Waals surface area contributed by atoms with Crippen LogP contribution in [0.2, 0.25) is 0 Å². The summed E-state index contributed by atoms with van der Waals surface area (Å²) in [5, 5.41) is 9.35. The molecule has 1 atom stereocenters. The van der Waals surface area contributed by atoms with Crippen LogP contribution < -0.4 is 4.74 Å². The number of halogens is 1. The Labute approximate surface area is 107 Å². The van der Waals surface area contributed by atoms with Crippen molar-refractivity contribution in [3.05, 3.63) is 29.6 Å². The summed E-state index contributed by atoms with van der Waals surface area (Å²) in [4.78, 5) is 0. The van der Waals surface area contributed by atoms with Crippen LogP contribution in [-0.4, -0.2) is 24.9 Å². The van der Waals surface area contributed by atoms with Gasteiger partial charge in [-0.1, -0.05) is 6.07 Å². The summed E-state index contributed by atoms with van der Waals surface area (Å²) >= 11 is 0. The maximum atomic E-state index is 13.7. The number of hydrogen-bond acceptors (Lipinski definition) is 3. The van der Waals surface area contributed by atoms with Gasteiger partial charge in [0.25, 0.3) is 0 Å². The Hall–Kier alpha value is -1.13. The molecule has 0 bridgehead atoms. The van der Waals surface area contributed by atoms with Gasteiger partial charge < -0.3 is 14.6 Å². The zero-order valence-corrected chi connectivity index (χ0v) is 10.6. The molecule has 1 N–H and O–H groups in total. The third-order valence-electron chi connectivity index (χ3n) is 3.25. The van der Waals surface area contributed by atoms with Gasteiger partial charge in [0, 0.05) is 13.2 Å². The van der Waals surface area contributed by atoms with Gasteiger partial charge in [-0.15, -0.1) is 0 Å². The van der Waals surface area contributed by atoms with Crippen LogP contribution in [0.5, 0.6) is 5.75 Å². The van der Waals surface area contributed by atoms with Crippen LogP contribution in [0.3, 0.4) is 0 Å². The molecule has 18 heavy (non-hydrogen) atoms. The number of aliphatic hydroxyl groups is 1. The Morgan fingerprint density at radius 2 is 2.17 bits per heavy atom. The molecule has 1 aromatic carbocycles. The zero-order valence-electron chi connectivity index (χ0n) is 10.6.